The molecule has 2 aromatic heterocycles. The molecule has 0 spiro atoms. The Morgan fingerprint density at radius 2 is 1.93 bits per heavy atom. The Balaban J connectivity index is 1.46. The molecule has 0 bridgehead atoms. The average molecular weight is 563 g/mol. The van der Waals surface area contributed by atoms with Crippen LogP contribution in [-0.2, 0) is 4.79 Å². The summed E-state index contributed by atoms with van der Waals surface area (Å²) in [4.78, 5) is 27.9. The molecular formula is C29H32ClFN8O. The summed E-state index contributed by atoms with van der Waals surface area (Å²) < 4.78 is 16.6. The molecule has 0 radical (unpaired) electrons. The zero-order valence-corrected chi connectivity index (χ0v) is 23.6. The normalized spacial score (nSPS) is 16.6. The molecule has 1 amide bonds. The van der Waals surface area contributed by atoms with Crippen molar-refractivity contribution in [3.63, 3.8) is 0 Å². The first-order chi connectivity index (χ1) is 19.2. The van der Waals surface area contributed by atoms with Gasteiger partial charge in [0.1, 0.15) is 11.3 Å². The van der Waals surface area contributed by atoms with Gasteiger partial charge in [-0.05, 0) is 44.5 Å². The number of fused-ring (bicyclic) bond motifs is 2. The van der Waals surface area contributed by atoms with Crippen LogP contribution in [0.3, 0.4) is 0 Å². The molecule has 2 N–H and O–H groups in total. The molecule has 0 unspecified atom stereocenters. The molecule has 9 nitrogen and oxygen atoms in total. The highest BCUT2D eigenvalue weighted by Crippen LogP contribution is 2.42. The minimum atomic E-state index is -0.496. The first-order valence-electron chi connectivity index (χ1n) is 13.5. The first kappa shape index (κ1) is 26.5. The zero-order valence-electron chi connectivity index (χ0n) is 22.8. The molecule has 6 rings (SSSR count). The second kappa shape index (κ2) is 10.3. The minimum Gasteiger partial charge on any atom is -0.352 e. The number of likely N-dealkylation sites (tertiary alicyclic amines) is 1. The van der Waals surface area contributed by atoms with Gasteiger partial charge >= 0.3 is 0 Å². The lowest BCUT2D eigenvalue weighted by atomic mass is 9.95. The maximum Gasteiger partial charge on any atom is 0.246 e. The van der Waals surface area contributed by atoms with Gasteiger partial charge in [0.25, 0.3) is 0 Å². The molecule has 208 valence electrons. The van der Waals surface area contributed by atoms with Crippen molar-refractivity contribution in [3.05, 3.63) is 53.5 Å². The number of aromatic nitrogens is 4. The predicted molar refractivity (Wildman–Crippen MR) is 157 cm³/mol. The molecule has 4 aromatic rings. The van der Waals surface area contributed by atoms with Crippen LogP contribution >= 0.6 is 11.6 Å². The van der Waals surface area contributed by atoms with E-state index in [-0.39, 0.29) is 22.5 Å². The highest BCUT2D eigenvalue weighted by Gasteiger charge is 2.31. The number of carbonyl (C=O) groups is 1. The smallest absolute Gasteiger partial charge is 0.246 e. The molecule has 0 saturated carbocycles. The highest BCUT2D eigenvalue weighted by molar-refractivity contribution is 6.35. The second-order valence-electron chi connectivity index (χ2n) is 10.8. The Labute approximate surface area is 237 Å². The Kier molecular flexibility index (Phi) is 6.83. The number of anilines is 2. The third-order valence-electron chi connectivity index (χ3n) is 7.98. The summed E-state index contributed by atoms with van der Waals surface area (Å²) >= 11 is 6.85. The van der Waals surface area contributed by atoms with Crippen molar-refractivity contribution in [1.82, 2.24) is 30.0 Å². The Hall–Kier alpha value is -3.76. The van der Waals surface area contributed by atoms with E-state index in [1.807, 2.05) is 19.1 Å². The molecular weight excluding hydrogens is 531 g/mol. The van der Waals surface area contributed by atoms with Crippen LogP contribution in [0, 0.1) is 12.7 Å². The SMILES string of the molecule is C=CC(=O)N1CCN(c2nc(NC3CN(C(C)C)C3)nc3c(F)c(-c4c(C)ccc5[nH]ncc45)c(Cl)cc23)CC1. The van der Waals surface area contributed by atoms with Crippen molar-refractivity contribution in [1.29, 1.82) is 0 Å². The lowest BCUT2D eigenvalue weighted by molar-refractivity contribution is -0.126. The number of H-pyrrole nitrogens is 1. The standard InChI is InChI=1S/C29H32ClFN8O/c1-5-23(40)37-8-10-38(11-9-37)28-19-12-21(30)25(24-17(4)6-7-22-20(24)13-32-36-22)26(31)27(19)34-29(35-28)33-18-14-39(15-18)16(2)3/h5-7,12-13,16,18H,1,8-11,14-15H2,2-4H3,(H,32,36)(H,33,34,35). The number of carbonyl (C=O) groups excluding carboxylic acids is 1. The summed E-state index contributed by atoms with van der Waals surface area (Å²) in [5.41, 5.74) is 2.87. The van der Waals surface area contributed by atoms with E-state index in [1.165, 1.54) is 6.08 Å². The van der Waals surface area contributed by atoms with Crippen LogP contribution in [0.1, 0.15) is 19.4 Å². The van der Waals surface area contributed by atoms with Crippen LogP contribution in [-0.4, -0.2) is 87.2 Å². The van der Waals surface area contributed by atoms with E-state index in [0.717, 1.165) is 29.6 Å². The number of hydrogen-bond acceptors (Lipinski definition) is 7. The fourth-order valence-electron chi connectivity index (χ4n) is 5.65. The second-order valence-corrected chi connectivity index (χ2v) is 11.2. The molecule has 2 aromatic carbocycles. The average Bonchev–Trinajstić information content (AvgIpc) is 3.40. The van der Waals surface area contributed by atoms with Gasteiger partial charge in [0.05, 0.1) is 22.8 Å². The fraction of sp³-hybridized carbons (Fsp3) is 0.379. The molecule has 2 aliphatic rings. The molecule has 0 atom stereocenters. The van der Waals surface area contributed by atoms with Crippen molar-refractivity contribution in [2.45, 2.75) is 32.9 Å². The topological polar surface area (TPSA) is 93.3 Å². The fourth-order valence-corrected chi connectivity index (χ4v) is 5.94. The van der Waals surface area contributed by atoms with E-state index in [9.17, 15) is 4.79 Å². The van der Waals surface area contributed by atoms with Gasteiger partial charge in [-0.25, -0.2) is 9.37 Å². The molecule has 4 heterocycles. The summed E-state index contributed by atoms with van der Waals surface area (Å²) in [6.45, 7) is 13.7. The summed E-state index contributed by atoms with van der Waals surface area (Å²) in [5.74, 6) is 0.385. The lowest BCUT2D eigenvalue weighted by Gasteiger charge is -2.42. The largest absolute Gasteiger partial charge is 0.352 e. The van der Waals surface area contributed by atoms with E-state index in [0.29, 0.717) is 60.5 Å². The van der Waals surface area contributed by atoms with Gasteiger partial charge in [0, 0.05) is 67.2 Å². The summed E-state index contributed by atoms with van der Waals surface area (Å²) in [6, 6.07) is 6.24. The number of hydrogen-bond donors (Lipinski definition) is 2. The van der Waals surface area contributed by atoms with Crippen LogP contribution in [0.15, 0.2) is 37.1 Å². The molecule has 2 aliphatic heterocycles. The monoisotopic (exact) mass is 562 g/mol. The van der Waals surface area contributed by atoms with Crippen molar-refractivity contribution in [3.8, 4) is 11.1 Å². The van der Waals surface area contributed by atoms with Gasteiger partial charge in [-0.15, -0.1) is 0 Å². The van der Waals surface area contributed by atoms with Crippen LogP contribution in [0.4, 0.5) is 16.2 Å². The highest BCUT2D eigenvalue weighted by atomic mass is 35.5. The molecule has 40 heavy (non-hydrogen) atoms. The maximum atomic E-state index is 16.6. The summed E-state index contributed by atoms with van der Waals surface area (Å²) in [5, 5.41) is 12.2. The van der Waals surface area contributed by atoms with Crippen LogP contribution in [0.25, 0.3) is 32.9 Å². The maximum absolute atomic E-state index is 16.6. The van der Waals surface area contributed by atoms with Crippen LogP contribution in [0.2, 0.25) is 5.02 Å². The van der Waals surface area contributed by atoms with Gasteiger partial charge in [-0.2, -0.15) is 10.1 Å². The minimum absolute atomic E-state index is 0.100. The first-order valence-corrected chi connectivity index (χ1v) is 13.9. The van der Waals surface area contributed by atoms with E-state index in [1.54, 1.807) is 17.2 Å². The van der Waals surface area contributed by atoms with Gasteiger partial charge in [0.15, 0.2) is 5.82 Å². The Bertz CT molecular complexity index is 1620. The van der Waals surface area contributed by atoms with Crippen molar-refractivity contribution >= 4 is 51.1 Å². The molecule has 11 heteroatoms. The van der Waals surface area contributed by atoms with Crippen molar-refractivity contribution in [2.24, 2.45) is 0 Å². The zero-order chi connectivity index (χ0) is 28.1. The molecule has 2 saturated heterocycles. The number of benzene rings is 2. The number of rotatable bonds is 6. The van der Waals surface area contributed by atoms with E-state index in [4.69, 9.17) is 21.6 Å². The van der Waals surface area contributed by atoms with Crippen LogP contribution in [0.5, 0.6) is 0 Å². The van der Waals surface area contributed by atoms with Gasteiger partial charge < -0.3 is 15.1 Å². The van der Waals surface area contributed by atoms with E-state index in [2.05, 4.69) is 45.7 Å². The number of halogens is 2. The van der Waals surface area contributed by atoms with Crippen molar-refractivity contribution in [2.75, 3.05) is 49.5 Å². The van der Waals surface area contributed by atoms with Crippen LogP contribution < -0.4 is 10.2 Å². The van der Waals surface area contributed by atoms with Gasteiger partial charge in [-0.1, -0.05) is 24.2 Å². The summed E-state index contributed by atoms with van der Waals surface area (Å²) in [7, 11) is 0. The van der Waals surface area contributed by atoms with Gasteiger partial charge in [0.2, 0.25) is 11.9 Å². The molecule has 0 aliphatic carbocycles. The van der Waals surface area contributed by atoms with Crippen molar-refractivity contribution < 1.29 is 9.18 Å². The predicted octanol–water partition coefficient (Wildman–Crippen LogP) is 4.61. The van der Waals surface area contributed by atoms with Gasteiger partial charge in [-0.3, -0.25) is 14.8 Å². The number of aromatic amines is 1. The Morgan fingerprint density at radius 1 is 1.18 bits per heavy atom. The number of nitrogens with one attached hydrogen (secondary N) is 2. The quantitative estimate of drug-likeness (QED) is 0.331. The number of nitrogens with zero attached hydrogens (tertiary/aromatic N) is 6. The van der Waals surface area contributed by atoms with E-state index >= 15 is 4.39 Å². The number of aryl methyl sites for hydroxylation is 1. The lowest BCUT2D eigenvalue weighted by Crippen LogP contribution is -2.57. The third kappa shape index (κ3) is 4.54. The molecule has 2 fully saturated rings. The third-order valence-corrected chi connectivity index (χ3v) is 8.28. The number of amides is 1. The Morgan fingerprint density at radius 3 is 2.62 bits per heavy atom. The summed E-state index contributed by atoms with van der Waals surface area (Å²) in [6.07, 6.45) is 3.02. The van der Waals surface area contributed by atoms with E-state index < -0.39 is 5.82 Å². The number of piperazine rings is 1.